The van der Waals surface area contributed by atoms with Crippen molar-refractivity contribution in [1.82, 2.24) is 10.6 Å². The minimum absolute atomic E-state index is 0.182. The minimum atomic E-state index is -0.769. The molecule has 0 radical (unpaired) electrons. The number of likely N-dealkylation sites (N-methyl/N-ethyl adjacent to an activating group) is 1. The molecule has 30 heavy (non-hydrogen) atoms. The van der Waals surface area contributed by atoms with Gasteiger partial charge < -0.3 is 29.6 Å². The molecule has 1 unspecified atom stereocenters. The minimum Gasteiger partial charge on any atom is -0.458 e. The van der Waals surface area contributed by atoms with E-state index in [1.807, 2.05) is 30.3 Å². The van der Waals surface area contributed by atoms with Crippen LogP contribution in [0, 0.1) is 0 Å². The smallest absolute Gasteiger partial charge is 0.408 e. The molecule has 2 aliphatic heterocycles. The molecule has 1 aromatic rings. The van der Waals surface area contributed by atoms with Crippen LogP contribution in [0.5, 0.6) is 0 Å². The number of nitrogens with one attached hydrogen (secondary N) is 2. The van der Waals surface area contributed by atoms with Crippen molar-refractivity contribution in [3.05, 3.63) is 35.9 Å². The lowest BCUT2D eigenvalue weighted by atomic mass is 10.0. The molecule has 0 saturated carbocycles. The molecule has 2 heterocycles. The van der Waals surface area contributed by atoms with Crippen molar-refractivity contribution in [3.63, 3.8) is 0 Å². The second kappa shape index (κ2) is 9.76. The van der Waals surface area contributed by atoms with E-state index in [0.29, 0.717) is 25.8 Å². The van der Waals surface area contributed by atoms with E-state index in [0.717, 1.165) is 5.56 Å². The van der Waals surface area contributed by atoms with Gasteiger partial charge in [0.1, 0.15) is 23.9 Å². The molecule has 2 saturated heterocycles. The van der Waals surface area contributed by atoms with Crippen LogP contribution in [0.25, 0.3) is 0 Å². The van der Waals surface area contributed by atoms with Gasteiger partial charge in [-0.2, -0.15) is 0 Å². The molecule has 166 valence electrons. The van der Waals surface area contributed by atoms with E-state index in [1.54, 1.807) is 27.8 Å². The summed E-state index contributed by atoms with van der Waals surface area (Å²) in [4.78, 5) is 25.0. The van der Waals surface area contributed by atoms with E-state index in [4.69, 9.17) is 18.9 Å². The molecular formula is C22H32N2O6. The van der Waals surface area contributed by atoms with Crippen molar-refractivity contribution in [2.45, 2.75) is 76.3 Å². The van der Waals surface area contributed by atoms with Crippen molar-refractivity contribution >= 4 is 12.1 Å². The maximum atomic E-state index is 12.7. The summed E-state index contributed by atoms with van der Waals surface area (Å²) in [6.45, 7) is 5.88. The molecule has 3 rings (SSSR count). The summed E-state index contributed by atoms with van der Waals surface area (Å²) in [7, 11) is 1.78. The second-order valence-electron chi connectivity index (χ2n) is 8.47. The predicted octanol–water partition coefficient (Wildman–Crippen LogP) is 2.68. The van der Waals surface area contributed by atoms with Crippen LogP contribution in [0.3, 0.4) is 0 Å². The maximum absolute atomic E-state index is 12.7. The highest BCUT2D eigenvalue weighted by atomic mass is 16.7. The Morgan fingerprint density at radius 1 is 1.20 bits per heavy atom. The number of esters is 1. The summed E-state index contributed by atoms with van der Waals surface area (Å²) >= 11 is 0. The zero-order chi connectivity index (χ0) is 21.7. The van der Waals surface area contributed by atoms with Gasteiger partial charge in [-0.1, -0.05) is 30.3 Å². The third kappa shape index (κ3) is 5.71. The summed E-state index contributed by atoms with van der Waals surface area (Å²) in [6, 6.07) is 8.94. The number of alkyl carbamates (subject to hydrolysis) is 1. The molecule has 2 N–H and O–H groups in total. The van der Waals surface area contributed by atoms with Crippen LogP contribution in [-0.4, -0.2) is 55.6 Å². The summed E-state index contributed by atoms with van der Waals surface area (Å²) in [5, 5.41) is 5.63. The first-order valence-electron chi connectivity index (χ1n) is 10.5. The molecular weight excluding hydrogens is 388 g/mol. The highest BCUT2D eigenvalue weighted by molar-refractivity contribution is 5.81. The Bertz CT molecular complexity index is 726. The zero-order valence-electron chi connectivity index (χ0n) is 18.1. The second-order valence-corrected chi connectivity index (χ2v) is 8.47. The fraction of sp³-hybridized carbons (Fsp3) is 0.636. The number of rotatable bonds is 5. The Balaban J connectivity index is 1.61. The molecule has 0 aliphatic carbocycles. The molecule has 0 aromatic heterocycles. The summed E-state index contributed by atoms with van der Waals surface area (Å²) in [5.74, 6) is -0.488. The monoisotopic (exact) mass is 420 g/mol. The van der Waals surface area contributed by atoms with Crippen molar-refractivity contribution < 1.29 is 28.5 Å². The highest BCUT2D eigenvalue weighted by Crippen LogP contribution is 2.36. The Kier molecular flexibility index (Phi) is 7.33. The van der Waals surface area contributed by atoms with Crippen molar-refractivity contribution in [1.29, 1.82) is 0 Å². The van der Waals surface area contributed by atoms with Crippen LogP contribution in [0.15, 0.2) is 30.3 Å². The van der Waals surface area contributed by atoms with Gasteiger partial charge in [0.05, 0.1) is 6.10 Å². The number of ether oxygens (including phenoxy) is 4. The van der Waals surface area contributed by atoms with Gasteiger partial charge in [0.15, 0.2) is 6.29 Å². The third-order valence-corrected chi connectivity index (χ3v) is 5.31. The average Bonchev–Trinajstić information content (AvgIpc) is 3.12. The fourth-order valence-electron chi connectivity index (χ4n) is 3.90. The van der Waals surface area contributed by atoms with Crippen molar-refractivity contribution in [3.8, 4) is 0 Å². The van der Waals surface area contributed by atoms with E-state index < -0.39 is 36.1 Å². The number of carbonyl (C=O) groups excluding carboxylic acids is 2. The third-order valence-electron chi connectivity index (χ3n) is 5.31. The molecule has 5 atom stereocenters. The van der Waals surface area contributed by atoms with Gasteiger partial charge in [0.2, 0.25) is 0 Å². The zero-order valence-corrected chi connectivity index (χ0v) is 18.1. The Morgan fingerprint density at radius 2 is 1.93 bits per heavy atom. The van der Waals surface area contributed by atoms with E-state index in [1.165, 1.54) is 0 Å². The number of hydrogen-bond donors (Lipinski definition) is 2. The number of hydrogen-bond acceptors (Lipinski definition) is 7. The van der Waals surface area contributed by atoms with Crippen LogP contribution in [0.4, 0.5) is 4.79 Å². The van der Waals surface area contributed by atoms with Crippen LogP contribution in [0.1, 0.15) is 51.9 Å². The van der Waals surface area contributed by atoms with Crippen molar-refractivity contribution in [2.75, 3.05) is 13.6 Å². The average molecular weight is 421 g/mol. The molecule has 1 amide bonds. The first-order valence-corrected chi connectivity index (χ1v) is 10.5. The Labute approximate surface area is 177 Å². The number of cyclic esters (lactones) is 1. The number of amides is 1. The van der Waals surface area contributed by atoms with Crippen LogP contribution >= 0.6 is 0 Å². The van der Waals surface area contributed by atoms with E-state index >= 15 is 0 Å². The first kappa shape index (κ1) is 22.5. The molecule has 1 aromatic carbocycles. The molecule has 2 fully saturated rings. The van der Waals surface area contributed by atoms with E-state index in [9.17, 15) is 9.59 Å². The van der Waals surface area contributed by atoms with Gasteiger partial charge >= 0.3 is 12.1 Å². The molecule has 8 nitrogen and oxygen atoms in total. The van der Waals surface area contributed by atoms with Gasteiger partial charge in [0, 0.05) is 12.1 Å². The van der Waals surface area contributed by atoms with Crippen LogP contribution in [0.2, 0.25) is 0 Å². The lowest BCUT2D eigenvalue weighted by Gasteiger charge is -2.27. The molecule has 2 aliphatic rings. The van der Waals surface area contributed by atoms with Gasteiger partial charge in [-0.25, -0.2) is 9.59 Å². The quantitative estimate of drug-likeness (QED) is 0.707. The van der Waals surface area contributed by atoms with E-state index in [-0.39, 0.29) is 12.2 Å². The predicted molar refractivity (Wildman–Crippen MR) is 110 cm³/mol. The van der Waals surface area contributed by atoms with Gasteiger partial charge in [-0.15, -0.1) is 0 Å². The number of fused-ring (bicyclic) bond motifs is 1. The van der Waals surface area contributed by atoms with Crippen LogP contribution < -0.4 is 10.6 Å². The summed E-state index contributed by atoms with van der Waals surface area (Å²) in [5.41, 5.74) is 0.242. The molecule has 0 spiro atoms. The normalized spacial score (nSPS) is 29.7. The fourth-order valence-corrected chi connectivity index (χ4v) is 3.90. The lowest BCUT2D eigenvalue weighted by molar-refractivity contribution is -0.159. The maximum Gasteiger partial charge on any atom is 0.408 e. The SMILES string of the molecule is CNCC(C)(C)OC(=O)N[C@H]1CCC[C@@H]2OC(c3ccccc3)O[C@H]2[C@H](C)OC1=O. The molecule has 8 heteroatoms. The standard InChI is InChI=1S/C22H32N2O6/c1-14-18-17(28-20(29-18)15-9-6-5-7-10-15)12-8-11-16(19(25)27-14)24-21(26)30-22(2,3)13-23-4/h5-7,9-10,14,16-18,20,23H,8,11-13H2,1-4H3,(H,24,26)/t14-,16-,17-,18-,20?/m0/s1. The first-order chi connectivity index (χ1) is 14.3. The Morgan fingerprint density at radius 3 is 2.63 bits per heavy atom. The van der Waals surface area contributed by atoms with Crippen LogP contribution in [-0.2, 0) is 23.7 Å². The number of benzene rings is 1. The van der Waals surface area contributed by atoms with Gasteiger partial charge in [0.25, 0.3) is 0 Å². The summed E-state index contributed by atoms with van der Waals surface area (Å²) < 4.78 is 23.3. The highest BCUT2D eigenvalue weighted by Gasteiger charge is 2.43. The lowest BCUT2D eigenvalue weighted by Crippen LogP contribution is -2.47. The molecule has 0 bridgehead atoms. The largest absolute Gasteiger partial charge is 0.458 e. The van der Waals surface area contributed by atoms with E-state index in [2.05, 4.69) is 10.6 Å². The van der Waals surface area contributed by atoms with Gasteiger partial charge in [-0.3, -0.25) is 0 Å². The van der Waals surface area contributed by atoms with Crippen molar-refractivity contribution in [2.24, 2.45) is 0 Å². The topological polar surface area (TPSA) is 95.1 Å². The number of carbonyl (C=O) groups is 2. The summed E-state index contributed by atoms with van der Waals surface area (Å²) in [6.07, 6.45) is -0.337. The Hall–Kier alpha value is -2.16. The van der Waals surface area contributed by atoms with Gasteiger partial charge in [-0.05, 0) is 47.1 Å².